The van der Waals surface area contributed by atoms with Crippen LogP contribution >= 0.6 is 0 Å². The van der Waals surface area contributed by atoms with Crippen molar-refractivity contribution < 1.29 is 9.59 Å². The van der Waals surface area contributed by atoms with Crippen molar-refractivity contribution >= 4 is 23.3 Å². The standard InChI is InChI=1S/C15H16N4O2/c1-9-3-5-11(6-4-9)19-8-7-12-13(15(19)21)17-18-14(12)16-10(2)20/h3-6H,7-8H2,1-2H3,(H2,16,17,18,20). The van der Waals surface area contributed by atoms with Crippen molar-refractivity contribution in [3.8, 4) is 0 Å². The van der Waals surface area contributed by atoms with Crippen LogP contribution < -0.4 is 10.2 Å². The molecule has 2 aromatic rings. The average molecular weight is 284 g/mol. The van der Waals surface area contributed by atoms with Crippen molar-refractivity contribution in [1.82, 2.24) is 10.2 Å². The summed E-state index contributed by atoms with van der Waals surface area (Å²) in [7, 11) is 0. The number of carbonyl (C=O) groups excluding carboxylic acids is 2. The maximum atomic E-state index is 12.5. The first-order chi connectivity index (χ1) is 10.1. The van der Waals surface area contributed by atoms with E-state index in [2.05, 4.69) is 15.5 Å². The van der Waals surface area contributed by atoms with Gasteiger partial charge in [0.25, 0.3) is 5.91 Å². The lowest BCUT2D eigenvalue weighted by Gasteiger charge is -2.26. The molecule has 0 fully saturated rings. The fourth-order valence-electron chi connectivity index (χ4n) is 2.49. The van der Waals surface area contributed by atoms with Crippen LogP contribution in [0.2, 0.25) is 0 Å². The summed E-state index contributed by atoms with van der Waals surface area (Å²) in [5.74, 6) is 0.135. The van der Waals surface area contributed by atoms with Crippen molar-refractivity contribution in [2.75, 3.05) is 16.8 Å². The van der Waals surface area contributed by atoms with Crippen LogP contribution in [0.4, 0.5) is 11.5 Å². The molecule has 0 bridgehead atoms. The minimum absolute atomic E-state index is 0.121. The molecule has 1 aromatic carbocycles. The molecule has 0 unspecified atom stereocenters. The van der Waals surface area contributed by atoms with Crippen molar-refractivity contribution in [1.29, 1.82) is 0 Å². The van der Waals surface area contributed by atoms with Gasteiger partial charge in [0.15, 0.2) is 5.82 Å². The summed E-state index contributed by atoms with van der Waals surface area (Å²) in [6.45, 7) is 4.00. The highest BCUT2D eigenvalue weighted by molar-refractivity contribution is 6.08. The Labute approximate surface area is 122 Å². The van der Waals surface area contributed by atoms with E-state index in [4.69, 9.17) is 0 Å². The molecule has 1 aliphatic heterocycles. The number of hydrogen-bond acceptors (Lipinski definition) is 3. The number of H-pyrrole nitrogens is 1. The Balaban J connectivity index is 1.91. The van der Waals surface area contributed by atoms with Gasteiger partial charge in [-0.15, -0.1) is 0 Å². The molecule has 0 spiro atoms. The Morgan fingerprint density at radius 2 is 2.05 bits per heavy atom. The fourth-order valence-corrected chi connectivity index (χ4v) is 2.49. The summed E-state index contributed by atoms with van der Waals surface area (Å²) in [5.41, 5.74) is 3.24. The molecule has 2 heterocycles. The smallest absolute Gasteiger partial charge is 0.276 e. The number of aromatic nitrogens is 2. The largest absolute Gasteiger partial charge is 0.309 e. The molecule has 1 aromatic heterocycles. The maximum Gasteiger partial charge on any atom is 0.276 e. The van der Waals surface area contributed by atoms with Gasteiger partial charge in [0.2, 0.25) is 5.91 Å². The highest BCUT2D eigenvalue weighted by Gasteiger charge is 2.30. The Hall–Kier alpha value is -2.63. The number of nitrogens with one attached hydrogen (secondary N) is 2. The molecule has 21 heavy (non-hydrogen) atoms. The van der Waals surface area contributed by atoms with Gasteiger partial charge in [-0.05, 0) is 25.5 Å². The fraction of sp³-hybridized carbons (Fsp3) is 0.267. The first-order valence-electron chi connectivity index (χ1n) is 6.79. The topological polar surface area (TPSA) is 78.1 Å². The van der Waals surface area contributed by atoms with Crippen LogP contribution in [0.3, 0.4) is 0 Å². The van der Waals surface area contributed by atoms with Crippen molar-refractivity contribution in [3.63, 3.8) is 0 Å². The molecule has 6 heteroatoms. The Bertz CT molecular complexity index is 703. The number of hydrogen-bond donors (Lipinski definition) is 2. The van der Waals surface area contributed by atoms with E-state index in [1.807, 2.05) is 31.2 Å². The third kappa shape index (κ3) is 2.40. The number of aryl methyl sites for hydroxylation is 1. The number of aromatic amines is 1. The number of nitrogens with zero attached hydrogens (tertiary/aromatic N) is 2. The van der Waals surface area contributed by atoms with Crippen LogP contribution in [0.5, 0.6) is 0 Å². The summed E-state index contributed by atoms with van der Waals surface area (Å²) in [4.78, 5) is 25.4. The van der Waals surface area contributed by atoms with Crippen LogP contribution in [0, 0.1) is 6.92 Å². The van der Waals surface area contributed by atoms with E-state index in [0.717, 1.165) is 16.8 Å². The van der Waals surface area contributed by atoms with Crippen LogP contribution in [-0.2, 0) is 11.2 Å². The van der Waals surface area contributed by atoms with Gasteiger partial charge in [-0.3, -0.25) is 14.7 Å². The molecule has 0 saturated carbocycles. The summed E-state index contributed by atoms with van der Waals surface area (Å²) < 4.78 is 0. The lowest BCUT2D eigenvalue weighted by atomic mass is 10.0. The first-order valence-corrected chi connectivity index (χ1v) is 6.79. The van der Waals surface area contributed by atoms with Gasteiger partial charge in [0, 0.05) is 24.7 Å². The van der Waals surface area contributed by atoms with Gasteiger partial charge in [0.1, 0.15) is 5.69 Å². The second kappa shape index (κ2) is 5.05. The number of carbonyl (C=O) groups is 2. The van der Waals surface area contributed by atoms with Crippen molar-refractivity contribution in [2.45, 2.75) is 20.3 Å². The Morgan fingerprint density at radius 1 is 1.33 bits per heavy atom. The predicted octanol–water partition coefficient (Wildman–Crippen LogP) is 1.88. The van der Waals surface area contributed by atoms with Crippen molar-refractivity contribution in [3.05, 3.63) is 41.1 Å². The van der Waals surface area contributed by atoms with E-state index in [1.165, 1.54) is 6.92 Å². The minimum atomic E-state index is -0.197. The second-order valence-corrected chi connectivity index (χ2v) is 5.15. The quantitative estimate of drug-likeness (QED) is 0.883. The molecular weight excluding hydrogens is 268 g/mol. The molecule has 0 radical (unpaired) electrons. The normalized spacial score (nSPS) is 14.0. The minimum Gasteiger partial charge on any atom is -0.309 e. The zero-order chi connectivity index (χ0) is 15.0. The maximum absolute atomic E-state index is 12.5. The van der Waals surface area contributed by atoms with Gasteiger partial charge in [-0.2, -0.15) is 5.10 Å². The van der Waals surface area contributed by atoms with E-state index in [0.29, 0.717) is 24.5 Å². The number of anilines is 2. The Kier molecular flexibility index (Phi) is 3.21. The molecule has 3 rings (SSSR count). The summed E-state index contributed by atoms with van der Waals surface area (Å²) in [6, 6.07) is 7.83. The summed E-state index contributed by atoms with van der Waals surface area (Å²) in [5, 5.41) is 9.41. The van der Waals surface area contributed by atoms with Crippen LogP contribution in [0.15, 0.2) is 24.3 Å². The molecule has 108 valence electrons. The molecule has 0 aliphatic carbocycles. The van der Waals surface area contributed by atoms with E-state index in [-0.39, 0.29) is 11.8 Å². The van der Waals surface area contributed by atoms with Gasteiger partial charge < -0.3 is 10.2 Å². The van der Waals surface area contributed by atoms with E-state index >= 15 is 0 Å². The van der Waals surface area contributed by atoms with E-state index < -0.39 is 0 Å². The SMILES string of the molecule is CC(=O)Nc1n[nH]c2c1CCN(c1ccc(C)cc1)C2=O. The number of amides is 2. The first kappa shape index (κ1) is 13.4. The lowest BCUT2D eigenvalue weighted by Crippen LogP contribution is -2.37. The molecule has 6 nitrogen and oxygen atoms in total. The zero-order valence-corrected chi connectivity index (χ0v) is 11.9. The van der Waals surface area contributed by atoms with Crippen LogP contribution in [0.25, 0.3) is 0 Å². The molecule has 1 aliphatic rings. The second-order valence-electron chi connectivity index (χ2n) is 5.15. The highest BCUT2D eigenvalue weighted by atomic mass is 16.2. The van der Waals surface area contributed by atoms with Crippen molar-refractivity contribution in [2.24, 2.45) is 0 Å². The zero-order valence-electron chi connectivity index (χ0n) is 11.9. The summed E-state index contributed by atoms with van der Waals surface area (Å²) in [6.07, 6.45) is 0.654. The molecule has 2 N–H and O–H groups in total. The average Bonchev–Trinajstić information content (AvgIpc) is 2.84. The number of rotatable bonds is 2. The third-order valence-electron chi connectivity index (χ3n) is 3.55. The summed E-state index contributed by atoms with van der Waals surface area (Å²) >= 11 is 0. The highest BCUT2D eigenvalue weighted by Crippen LogP contribution is 2.27. The van der Waals surface area contributed by atoms with E-state index in [1.54, 1.807) is 4.90 Å². The lowest BCUT2D eigenvalue weighted by molar-refractivity contribution is -0.114. The van der Waals surface area contributed by atoms with Crippen LogP contribution in [0.1, 0.15) is 28.5 Å². The van der Waals surface area contributed by atoms with Gasteiger partial charge in [0.05, 0.1) is 0 Å². The third-order valence-corrected chi connectivity index (χ3v) is 3.55. The molecule has 0 saturated heterocycles. The predicted molar refractivity (Wildman–Crippen MR) is 79.5 cm³/mol. The monoisotopic (exact) mass is 284 g/mol. The van der Waals surface area contributed by atoms with Gasteiger partial charge in [-0.25, -0.2) is 0 Å². The van der Waals surface area contributed by atoms with Gasteiger partial charge >= 0.3 is 0 Å². The number of benzene rings is 1. The molecule has 0 atom stereocenters. The number of fused-ring (bicyclic) bond motifs is 1. The van der Waals surface area contributed by atoms with Gasteiger partial charge in [-0.1, -0.05) is 17.7 Å². The van der Waals surface area contributed by atoms with E-state index in [9.17, 15) is 9.59 Å². The molecule has 2 amide bonds. The molecular formula is C15H16N4O2. The van der Waals surface area contributed by atoms with Crippen LogP contribution in [-0.4, -0.2) is 28.6 Å². The Morgan fingerprint density at radius 3 is 2.71 bits per heavy atom.